The first-order valence-electron chi connectivity index (χ1n) is 9.50. The van der Waals surface area contributed by atoms with E-state index in [0.717, 1.165) is 19.3 Å². The molecule has 0 spiro atoms. The first-order valence-corrected chi connectivity index (χ1v) is 10.9. The van der Waals surface area contributed by atoms with Crippen LogP contribution in [0.15, 0.2) is 65.6 Å². The quantitative estimate of drug-likeness (QED) is 0.880. The van der Waals surface area contributed by atoms with Gasteiger partial charge in [0.1, 0.15) is 0 Å². The van der Waals surface area contributed by atoms with Crippen molar-refractivity contribution in [2.75, 3.05) is 0 Å². The maximum atomic E-state index is 13.2. The van der Waals surface area contributed by atoms with Crippen molar-refractivity contribution in [3.05, 3.63) is 66.2 Å². The Hall–Kier alpha value is -2.18. The van der Waals surface area contributed by atoms with Gasteiger partial charge in [0.25, 0.3) is 5.91 Å². The highest BCUT2D eigenvalue weighted by atomic mass is 32.2. The summed E-state index contributed by atoms with van der Waals surface area (Å²) in [6.45, 7) is 0. The van der Waals surface area contributed by atoms with Gasteiger partial charge in [-0.3, -0.25) is 4.79 Å². The van der Waals surface area contributed by atoms with Crippen LogP contribution in [0.3, 0.4) is 0 Å². The summed E-state index contributed by atoms with van der Waals surface area (Å²) in [5, 5.41) is 3.12. The molecule has 2 aromatic rings. The van der Waals surface area contributed by atoms with E-state index in [1.54, 1.807) is 40.7 Å². The third kappa shape index (κ3) is 3.64. The average Bonchev–Trinajstić information content (AvgIpc) is 2.68. The Morgan fingerprint density at radius 2 is 1.44 bits per heavy atom. The van der Waals surface area contributed by atoms with E-state index in [0.29, 0.717) is 23.3 Å². The third-order valence-electron chi connectivity index (χ3n) is 5.60. The standard InChI is InChI=1S/C21H24N2O3S/c24-21(16-8-3-1-4-9-16)22-17-14-18-10-7-11-19(15-17)23(18)27(25,26)20-12-5-2-6-13-20/h1-6,8-9,12-13,17-19H,7,10-11,14-15H2,(H,22,24)/t17?,18-,19+. The van der Waals surface area contributed by atoms with Crippen molar-refractivity contribution in [1.29, 1.82) is 0 Å². The van der Waals surface area contributed by atoms with Crippen molar-refractivity contribution in [3.63, 3.8) is 0 Å². The van der Waals surface area contributed by atoms with Crippen molar-refractivity contribution in [1.82, 2.24) is 9.62 Å². The molecule has 142 valence electrons. The first-order chi connectivity index (χ1) is 13.1. The van der Waals surface area contributed by atoms with Gasteiger partial charge in [-0.1, -0.05) is 42.8 Å². The fourth-order valence-electron chi connectivity index (χ4n) is 4.42. The number of benzene rings is 2. The lowest BCUT2D eigenvalue weighted by Crippen LogP contribution is -2.58. The minimum Gasteiger partial charge on any atom is -0.349 e. The molecule has 6 heteroatoms. The highest BCUT2D eigenvalue weighted by Crippen LogP contribution is 2.38. The van der Waals surface area contributed by atoms with E-state index in [4.69, 9.17) is 0 Å². The second-order valence-corrected chi connectivity index (χ2v) is 9.24. The van der Waals surface area contributed by atoms with Gasteiger partial charge in [-0.25, -0.2) is 8.42 Å². The lowest BCUT2D eigenvalue weighted by molar-refractivity contribution is 0.0796. The van der Waals surface area contributed by atoms with Crippen LogP contribution < -0.4 is 5.32 Å². The Balaban J connectivity index is 1.52. The summed E-state index contributed by atoms with van der Waals surface area (Å²) >= 11 is 0. The number of fused-ring (bicyclic) bond motifs is 2. The summed E-state index contributed by atoms with van der Waals surface area (Å²) in [6, 6.07) is 17.7. The number of nitrogens with one attached hydrogen (secondary N) is 1. The maximum Gasteiger partial charge on any atom is 0.251 e. The Bertz CT molecular complexity index is 886. The lowest BCUT2D eigenvalue weighted by atomic mass is 9.84. The Kier molecular flexibility index (Phi) is 5.02. The van der Waals surface area contributed by atoms with Crippen LogP contribution >= 0.6 is 0 Å². The Morgan fingerprint density at radius 3 is 2.04 bits per heavy atom. The van der Waals surface area contributed by atoms with Crippen molar-refractivity contribution in [2.45, 2.75) is 55.1 Å². The van der Waals surface area contributed by atoms with Crippen LogP contribution in [0.25, 0.3) is 0 Å². The molecule has 0 radical (unpaired) electrons. The van der Waals surface area contributed by atoms with Crippen LogP contribution in [0.4, 0.5) is 0 Å². The molecule has 2 fully saturated rings. The van der Waals surface area contributed by atoms with Gasteiger partial charge in [-0.05, 0) is 49.9 Å². The molecule has 27 heavy (non-hydrogen) atoms. The molecule has 0 saturated carbocycles. The summed E-state index contributed by atoms with van der Waals surface area (Å²) in [5.41, 5.74) is 0.641. The highest BCUT2D eigenvalue weighted by Gasteiger charge is 2.45. The van der Waals surface area contributed by atoms with E-state index in [1.807, 2.05) is 24.3 Å². The predicted octanol–water partition coefficient (Wildman–Crippen LogP) is 3.19. The number of carbonyl (C=O) groups is 1. The molecule has 2 heterocycles. The third-order valence-corrected chi connectivity index (χ3v) is 7.62. The van der Waals surface area contributed by atoms with Crippen LogP contribution in [0, 0.1) is 0 Å². The van der Waals surface area contributed by atoms with Gasteiger partial charge >= 0.3 is 0 Å². The number of hydrogen-bond acceptors (Lipinski definition) is 3. The predicted molar refractivity (Wildman–Crippen MR) is 104 cm³/mol. The van der Waals surface area contributed by atoms with E-state index in [9.17, 15) is 13.2 Å². The van der Waals surface area contributed by atoms with E-state index < -0.39 is 10.0 Å². The van der Waals surface area contributed by atoms with Gasteiger partial charge in [0.2, 0.25) is 10.0 Å². The van der Waals surface area contributed by atoms with Gasteiger partial charge in [0, 0.05) is 23.7 Å². The van der Waals surface area contributed by atoms with Crippen molar-refractivity contribution >= 4 is 15.9 Å². The molecule has 0 aromatic heterocycles. The normalized spacial score (nSPS) is 25.7. The first kappa shape index (κ1) is 18.2. The zero-order valence-electron chi connectivity index (χ0n) is 15.1. The zero-order chi connectivity index (χ0) is 18.9. The highest BCUT2D eigenvalue weighted by molar-refractivity contribution is 7.89. The Labute approximate surface area is 160 Å². The second kappa shape index (κ2) is 7.44. The van der Waals surface area contributed by atoms with E-state index in [1.165, 1.54) is 0 Å². The van der Waals surface area contributed by atoms with Gasteiger partial charge in [-0.2, -0.15) is 4.31 Å². The monoisotopic (exact) mass is 384 g/mol. The van der Waals surface area contributed by atoms with E-state index >= 15 is 0 Å². The van der Waals surface area contributed by atoms with E-state index in [-0.39, 0.29) is 24.0 Å². The van der Waals surface area contributed by atoms with Crippen molar-refractivity contribution in [2.24, 2.45) is 0 Å². The molecule has 2 aromatic carbocycles. The number of amides is 1. The van der Waals surface area contributed by atoms with Crippen LogP contribution in [-0.4, -0.2) is 36.8 Å². The largest absolute Gasteiger partial charge is 0.349 e. The zero-order valence-corrected chi connectivity index (χ0v) is 15.9. The number of rotatable bonds is 4. The molecule has 2 bridgehead atoms. The number of carbonyl (C=O) groups excluding carboxylic acids is 1. The SMILES string of the molecule is O=C(NC1C[C@H]2CCC[C@@H](C1)N2S(=O)(=O)c1ccccc1)c1ccccc1. The molecular weight excluding hydrogens is 360 g/mol. The van der Waals surface area contributed by atoms with Gasteiger partial charge in [0.15, 0.2) is 0 Å². The van der Waals surface area contributed by atoms with Crippen LogP contribution in [-0.2, 0) is 10.0 Å². The number of sulfonamides is 1. The maximum absolute atomic E-state index is 13.2. The van der Waals surface area contributed by atoms with Crippen molar-refractivity contribution in [3.8, 4) is 0 Å². The number of piperidine rings is 2. The minimum absolute atomic E-state index is 0.00947. The van der Waals surface area contributed by atoms with E-state index in [2.05, 4.69) is 5.32 Å². The molecule has 1 amide bonds. The molecule has 3 atom stereocenters. The van der Waals surface area contributed by atoms with Gasteiger partial charge in [-0.15, -0.1) is 0 Å². The topological polar surface area (TPSA) is 66.5 Å². The Morgan fingerprint density at radius 1 is 0.889 bits per heavy atom. The molecule has 2 aliphatic heterocycles. The molecule has 4 rings (SSSR count). The summed E-state index contributed by atoms with van der Waals surface area (Å²) < 4.78 is 28.1. The smallest absolute Gasteiger partial charge is 0.251 e. The number of nitrogens with zero attached hydrogens (tertiary/aromatic N) is 1. The van der Waals surface area contributed by atoms with Crippen LogP contribution in [0.2, 0.25) is 0 Å². The molecule has 2 aliphatic rings. The van der Waals surface area contributed by atoms with Crippen LogP contribution in [0.1, 0.15) is 42.5 Å². The molecule has 2 saturated heterocycles. The van der Waals surface area contributed by atoms with Gasteiger partial charge in [0.05, 0.1) is 4.90 Å². The second-order valence-electron chi connectivity index (χ2n) is 7.39. The summed E-state index contributed by atoms with van der Waals surface area (Å²) in [6.07, 6.45) is 4.07. The van der Waals surface area contributed by atoms with Crippen molar-refractivity contribution < 1.29 is 13.2 Å². The fourth-order valence-corrected chi connectivity index (χ4v) is 6.33. The number of hydrogen-bond donors (Lipinski definition) is 1. The average molecular weight is 385 g/mol. The van der Waals surface area contributed by atoms with Crippen LogP contribution in [0.5, 0.6) is 0 Å². The minimum atomic E-state index is -3.50. The molecular formula is C21H24N2O3S. The molecule has 0 aliphatic carbocycles. The summed E-state index contributed by atoms with van der Waals surface area (Å²) in [4.78, 5) is 12.8. The summed E-state index contributed by atoms with van der Waals surface area (Å²) in [5.74, 6) is -0.0851. The van der Waals surface area contributed by atoms with Gasteiger partial charge < -0.3 is 5.32 Å². The fraction of sp³-hybridized carbons (Fsp3) is 0.381. The molecule has 5 nitrogen and oxygen atoms in total. The molecule has 1 unspecified atom stereocenters. The summed E-state index contributed by atoms with van der Waals surface area (Å²) in [7, 11) is -3.50. The lowest BCUT2D eigenvalue weighted by Gasteiger charge is -2.47. The molecule has 1 N–H and O–H groups in total.